The van der Waals surface area contributed by atoms with Crippen LogP contribution in [0.2, 0.25) is 0 Å². The summed E-state index contributed by atoms with van der Waals surface area (Å²) in [6, 6.07) is 5.71. The molecule has 6 nitrogen and oxygen atoms in total. The van der Waals surface area contributed by atoms with Crippen molar-refractivity contribution in [3.63, 3.8) is 0 Å². The zero-order valence-corrected chi connectivity index (χ0v) is 11.3. The summed E-state index contributed by atoms with van der Waals surface area (Å²) in [5.74, 6) is -2.48. The van der Waals surface area contributed by atoms with Crippen LogP contribution in [0.5, 0.6) is 5.75 Å². The lowest BCUT2D eigenvalue weighted by Crippen LogP contribution is -2.16. The quantitative estimate of drug-likeness (QED) is 0.352. The maximum absolute atomic E-state index is 11.2. The Hall–Kier alpha value is -2.37. The lowest BCUT2D eigenvalue weighted by Gasteiger charge is -2.09. The number of carbonyl (C=O) groups excluding carboxylic acids is 2. The van der Waals surface area contributed by atoms with Gasteiger partial charge >= 0.3 is 11.9 Å². The molecule has 1 N–H and O–H groups in total. The molecule has 0 saturated heterocycles. The lowest BCUT2D eigenvalue weighted by molar-refractivity contribution is -0.148. The van der Waals surface area contributed by atoms with Gasteiger partial charge in [-0.25, -0.2) is 4.79 Å². The van der Waals surface area contributed by atoms with Crippen molar-refractivity contribution in [3.05, 3.63) is 29.8 Å². The Bertz CT molecular complexity index is 489. The molecule has 0 aromatic heterocycles. The second-order valence-corrected chi connectivity index (χ2v) is 4.33. The Labute approximate surface area is 116 Å². The Morgan fingerprint density at radius 1 is 1.10 bits per heavy atom. The van der Waals surface area contributed by atoms with E-state index in [2.05, 4.69) is 0 Å². The van der Waals surface area contributed by atoms with E-state index >= 15 is 0 Å². The molecule has 0 saturated carbocycles. The van der Waals surface area contributed by atoms with Gasteiger partial charge in [0.05, 0.1) is 5.92 Å². The van der Waals surface area contributed by atoms with E-state index in [1.165, 1.54) is 24.3 Å². The Morgan fingerprint density at radius 3 is 2.20 bits per heavy atom. The summed E-state index contributed by atoms with van der Waals surface area (Å²) in [5, 5.41) is 8.55. The molecule has 108 valence electrons. The molecule has 0 amide bonds. The highest BCUT2D eigenvalue weighted by molar-refractivity contribution is 6.39. The van der Waals surface area contributed by atoms with E-state index in [0.717, 1.165) is 0 Å². The molecular formula is C14H16O6. The second kappa shape index (κ2) is 7.28. The van der Waals surface area contributed by atoms with Crippen molar-refractivity contribution in [3.8, 4) is 5.75 Å². The molecule has 1 rings (SSSR count). The van der Waals surface area contributed by atoms with E-state index in [1.54, 1.807) is 13.8 Å². The second-order valence-electron chi connectivity index (χ2n) is 4.33. The van der Waals surface area contributed by atoms with Gasteiger partial charge in [-0.15, -0.1) is 0 Å². The summed E-state index contributed by atoms with van der Waals surface area (Å²) < 4.78 is 10.2. The van der Waals surface area contributed by atoms with Crippen molar-refractivity contribution in [1.82, 2.24) is 0 Å². The van der Waals surface area contributed by atoms with E-state index in [9.17, 15) is 14.4 Å². The van der Waals surface area contributed by atoms with Crippen LogP contribution < -0.4 is 4.74 Å². The van der Waals surface area contributed by atoms with E-state index in [0.29, 0.717) is 5.75 Å². The summed E-state index contributed by atoms with van der Waals surface area (Å²) in [6.45, 7) is 3.79. The Kier molecular flexibility index (Phi) is 5.71. The summed E-state index contributed by atoms with van der Waals surface area (Å²) >= 11 is 0. The summed E-state index contributed by atoms with van der Waals surface area (Å²) in [5.41, 5.74) is 0.0797. The number of carboxylic acids is 1. The number of hydrogen-bond acceptors (Lipinski definition) is 5. The molecule has 0 aliphatic rings. The highest BCUT2D eigenvalue weighted by Crippen LogP contribution is 2.12. The van der Waals surface area contributed by atoms with Gasteiger partial charge in [0.15, 0.2) is 0 Å². The van der Waals surface area contributed by atoms with Gasteiger partial charge in [-0.2, -0.15) is 0 Å². The molecule has 20 heavy (non-hydrogen) atoms. The molecule has 0 heterocycles. The van der Waals surface area contributed by atoms with Crippen molar-refractivity contribution in [2.45, 2.75) is 13.8 Å². The fraction of sp³-hybridized carbons (Fsp3) is 0.357. The van der Waals surface area contributed by atoms with Gasteiger partial charge in [-0.05, 0) is 24.3 Å². The van der Waals surface area contributed by atoms with E-state index in [4.69, 9.17) is 14.6 Å². The van der Waals surface area contributed by atoms with Gasteiger partial charge < -0.3 is 14.6 Å². The monoisotopic (exact) mass is 280 g/mol. The van der Waals surface area contributed by atoms with Crippen molar-refractivity contribution in [2.75, 3.05) is 13.2 Å². The number of benzene rings is 1. The SMILES string of the molecule is CC(C)C(=O)OCCOc1ccc(C(=O)C(=O)O)cc1. The molecular weight excluding hydrogens is 264 g/mol. The molecule has 0 aliphatic heterocycles. The van der Waals surface area contributed by atoms with Crippen LogP contribution >= 0.6 is 0 Å². The number of carboxylic acid groups (broad SMARTS) is 1. The maximum atomic E-state index is 11.2. The minimum atomic E-state index is -1.50. The van der Waals surface area contributed by atoms with E-state index < -0.39 is 11.8 Å². The van der Waals surface area contributed by atoms with Gasteiger partial charge in [0.1, 0.15) is 19.0 Å². The van der Waals surface area contributed by atoms with Crippen molar-refractivity contribution >= 4 is 17.7 Å². The largest absolute Gasteiger partial charge is 0.490 e. The molecule has 0 aliphatic carbocycles. The van der Waals surface area contributed by atoms with Gasteiger partial charge in [-0.1, -0.05) is 13.8 Å². The van der Waals surface area contributed by atoms with Crippen LogP contribution in [-0.4, -0.2) is 36.0 Å². The molecule has 0 spiro atoms. The highest BCUT2D eigenvalue weighted by Gasteiger charge is 2.14. The highest BCUT2D eigenvalue weighted by atomic mass is 16.6. The minimum Gasteiger partial charge on any atom is -0.490 e. The molecule has 0 atom stereocenters. The summed E-state index contributed by atoms with van der Waals surface area (Å²) in [4.78, 5) is 32.8. The first-order valence-electron chi connectivity index (χ1n) is 6.09. The van der Waals surface area contributed by atoms with Gasteiger partial charge in [0.25, 0.3) is 5.78 Å². The number of aliphatic carboxylic acids is 1. The summed E-state index contributed by atoms with van der Waals surface area (Å²) in [7, 11) is 0. The van der Waals surface area contributed by atoms with Crippen LogP contribution in [0.4, 0.5) is 0 Å². The first-order chi connectivity index (χ1) is 9.41. The average Bonchev–Trinajstić information content (AvgIpc) is 2.43. The Morgan fingerprint density at radius 2 is 1.70 bits per heavy atom. The number of carbonyl (C=O) groups is 3. The number of rotatable bonds is 7. The number of Topliss-reactive ketones (excluding diaryl/α,β-unsaturated/α-hetero) is 1. The van der Waals surface area contributed by atoms with E-state index in [1.807, 2.05) is 0 Å². The van der Waals surface area contributed by atoms with Crippen LogP contribution in [0.3, 0.4) is 0 Å². The lowest BCUT2D eigenvalue weighted by atomic mass is 10.1. The van der Waals surface area contributed by atoms with Crippen LogP contribution in [-0.2, 0) is 14.3 Å². The topological polar surface area (TPSA) is 89.9 Å². The molecule has 0 radical (unpaired) electrons. The standard InChI is InChI=1S/C14H16O6/c1-9(2)14(18)20-8-7-19-11-5-3-10(4-6-11)12(15)13(16)17/h3-6,9H,7-8H2,1-2H3,(H,16,17). The van der Waals surface area contributed by atoms with E-state index in [-0.39, 0.29) is 30.7 Å². The number of ether oxygens (including phenoxy) is 2. The Balaban J connectivity index is 2.41. The first-order valence-corrected chi connectivity index (χ1v) is 6.09. The fourth-order valence-corrected chi connectivity index (χ4v) is 1.29. The zero-order valence-electron chi connectivity index (χ0n) is 11.3. The minimum absolute atomic E-state index is 0.0797. The van der Waals surface area contributed by atoms with Crippen molar-refractivity contribution in [2.24, 2.45) is 5.92 Å². The number of ketones is 1. The molecule has 1 aromatic carbocycles. The average molecular weight is 280 g/mol. The molecule has 1 aromatic rings. The smallest absolute Gasteiger partial charge is 0.377 e. The van der Waals surface area contributed by atoms with Gasteiger partial charge in [0.2, 0.25) is 0 Å². The zero-order chi connectivity index (χ0) is 15.1. The molecule has 6 heteroatoms. The van der Waals surface area contributed by atoms with Crippen LogP contribution in [0, 0.1) is 5.92 Å². The molecule has 0 fully saturated rings. The molecule has 0 bridgehead atoms. The third-order valence-electron chi connectivity index (χ3n) is 2.38. The van der Waals surface area contributed by atoms with Crippen LogP contribution in [0.1, 0.15) is 24.2 Å². The number of hydrogen-bond donors (Lipinski definition) is 1. The van der Waals surface area contributed by atoms with Gasteiger partial charge in [-0.3, -0.25) is 9.59 Å². The van der Waals surface area contributed by atoms with Crippen LogP contribution in [0.25, 0.3) is 0 Å². The predicted octanol–water partition coefficient (Wildman–Crippen LogP) is 1.53. The normalized spacial score (nSPS) is 10.2. The maximum Gasteiger partial charge on any atom is 0.377 e. The first kappa shape index (κ1) is 15.7. The molecule has 0 unspecified atom stereocenters. The summed E-state index contributed by atoms with van der Waals surface area (Å²) in [6.07, 6.45) is 0. The van der Waals surface area contributed by atoms with Crippen molar-refractivity contribution in [1.29, 1.82) is 0 Å². The number of esters is 1. The third kappa shape index (κ3) is 4.72. The van der Waals surface area contributed by atoms with Gasteiger partial charge in [0, 0.05) is 5.56 Å². The third-order valence-corrected chi connectivity index (χ3v) is 2.38. The predicted molar refractivity (Wildman–Crippen MR) is 69.7 cm³/mol. The fourth-order valence-electron chi connectivity index (χ4n) is 1.29. The van der Waals surface area contributed by atoms with Crippen LogP contribution in [0.15, 0.2) is 24.3 Å². The van der Waals surface area contributed by atoms with Crippen molar-refractivity contribution < 1.29 is 29.0 Å².